The Hall–Kier alpha value is -1.06. The molecule has 4 nitrogen and oxygen atoms in total. The Bertz CT molecular complexity index is 225. The highest BCUT2D eigenvalue weighted by Gasteiger charge is 2.14. The van der Waals surface area contributed by atoms with Crippen molar-refractivity contribution < 1.29 is 9.59 Å². The van der Waals surface area contributed by atoms with Gasteiger partial charge in [-0.1, -0.05) is 20.8 Å². The standard InChI is InChI=1S/C12H24N2O2/c1-5-9(4)14-11(15)8-13-12(16)10(6-2)7-3/h9-10H,5-8H2,1-4H3,(H,13,16)(H,14,15). The van der Waals surface area contributed by atoms with E-state index < -0.39 is 0 Å². The van der Waals surface area contributed by atoms with Gasteiger partial charge in [-0.2, -0.15) is 0 Å². The second-order valence-corrected chi connectivity index (χ2v) is 4.11. The Morgan fingerprint density at radius 3 is 2.06 bits per heavy atom. The molecular weight excluding hydrogens is 204 g/mol. The van der Waals surface area contributed by atoms with Crippen molar-refractivity contribution in [3.05, 3.63) is 0 Å². The molecule has 0 aromatic carbocycles. The summed E-state index contributed by atoms with van der Waals surface area (Å²) in [7, 11) is 0. The van der Waals surface area contributed by atoms with Crippen LogP contribution in [0.5, 0.6) is 0 Å². The molecule has 0 aliphatic rings. The van der Waals surface area contributed by atoms with Gasteiger partial charge in [0.05, 0.1) is 6.54 Å². The molecule has 2 N–H and O–H groups in total. The van der Waals surface area contributed by atoms with E-state index in [1.807, 2.05) is 27.7 Å². The van der Waals surface area contributed by atoms with Crippen molar-refractivity contribution in [1.29, 1.82) is 0 Å². The van der Waals surface area contributed by atoms with Crippen LogP contribution in [0, 0.1) is 5.92 Å². The van der Waals surface area contributed by atoms with E-state index >= 15 is 0 Å². The molecule has 2 amide bonds. The van der Waals surface area contributed by atoms with Crippen molar-refractivity contribution >= 4 is 11.8 Å². The number of carbonyl (C=O) groups excluding carboxylic acids is 2. The van der Waals surface area contributed by atoms with Crippen molar-refractivity contribution in [3.63, 3.8) is 0 Å². The molecule has 16 heavy (non-hydrogen) atoms. The van der Waals surface area contributed by atoms with Gasteiger partial charge < -0.3 is 10.6 Å². The Labute approximate surface area is 98.2 Å². The minimum absolute atomic E-state index is 0.0238. The smallest absolute Gasteiger partial charge is 0.239 e. The molecule has 0 spiro atoms. The van der Waals surface area contributed by atoms with Crippen LogP contribution in [0.15, 0.2) is 0 Å². The molecule has 4 heteroatoms. The molecule has 0 aromatic heterocycles. The summed E-state index contributed by atoms with van der Waals surface area (Å²) in [4.78, 5) is 23.0. The van der Waals surface area contributed by atoms with Crippen LogP contribution in [0.3, 0.4) is 0 Å². The van der Waals surface area contributed by atoms with E-state index in [2.05, 4.69) is 10.6 Å². The van der Waals surface area contributed by atoms with E-state index in [1.165, 1.54) is 0 Å². The predicted molar refractivity (Wildman–Crippen MR) is 65.0 cm³/mol. The Kier molecular flexibility index (Phi) is 7.60. The summed E-state index contributed by atoms with van der Waals surface area (Å²) in [6.07, 6.45) is 2.52. The average Bonchev–Trinajstić information content (AvgIpc) is 2.27. The zero-order valence-corrected chi connectivity index (χ0v) is 10.8. The maximum atomic E-state index is 11.6. The van der Waals surface area contributed by atoms with E-state index in [-0.39, 0.29) is 30.3 Å². The minimum atomic E-state index is -0.117. The topological polar surface area (TPSA) is 58.2 Å². The van der Waals surface area contributed by atoms with Gasteiger partial charge in [-0.3, -0.25) is 9.59 Å². The zero-order chi connectivity index (χ0) is 12.6. The second-order valence-electron chi connectivity index (χ2n) is 4.11. The lowest BCUT2D eigenvalue weighted by Crippen LogP contribution is -2.42. The van der Waals surface area contributed by atoms with Crippen LogP contribution in [-0.4, -0.2) is 24.4 Å². The third-order valence-corrected chi connectivity index (χ3v) is 2.80. The lowest BCUT2D eigenvalue weighted by atomic mass is 10.0. The van der Waals surface area contributed by atoms with E-state index in [0.29, 0.717) is 0 Å². The van der Waals surface area contributed by atoms with Crippen LogP contribution >= 0.6 is 0 Å². The van der Waals surface area contributed by atoms with Crippen LogP contribution < -0.4 is 10.6 Å². The van der Waals surface area contributed by atoms with Gasteiger partial charge >= 0.3 is 0 Å². The van der Waals surface area contributed by atoms with Gasteiger partial charge in [0.1, 0.15) is 0 Å². The quantitative estimate of drug-likeness (QED) is 0.693. The molecule has 0 fully saturated rings. The number of hydrogen-bond acceptors (Lipinski definition) is 2. The van der Waals surface area contributed by atoms with E-state index in [1.54, 1.807) is 0 Å². The lowest BCUT2D eigenvalue weighted by Gasteiger charge is -2.14. The first-order valence-electron chi connectivity index (χ1n) is 6.12. The van der Waals surface area contributed by atoms with Crippen LogP contribution in [0.2, 0.25) is 0 Å². The van der Waals surface area contributed by atoms with Crippen molar-refractivity contribution in [3.8, 4) is 0 Å². The number of rotatable bonds is 7. The lowest BCUT2D eigenvalue weighted by molar-refractivity contribution is -0.128. The van der Waals surface area contributed by atoms with Gasteiger partial charge in [0, 0.05) is 12.0 Å². The Morgan fingerprint density at radius 2 is 1.62 bits per heavy atom. The molecule has 0 saturated carbocycles. The summed E-state index contributed by atoms with van der Waals surface area (Å²) in [6, 6.07) is 0.164. The first-order valence-corrected chi connectivity index (χ1v) is 6.12. The van der Waals surface area contributed by atoms with E-state index in [9.17, 15) is 9.59 Å². The number of hydrogen-bond donors (Lipinski definition) is 2. The summed E-state index contributed by atoms with van der Waals surface area (Å²) in [5.74, 6) is -0.116. The molecule has 94 valence electrons. The molecular formula is C12H24N2O2. The van der Waals surface area contributed by atoms with Crippen LogP contribution in [0.1, 0.15) is 47.0 Å². The largest absolute Gasteiger partial charge is 0.352 e. The first-order chi connectivity index (χ1) is 7.54. The van der Waals surface area contributed by atoms with Crippen molar-refractivity contribution in [2.75, 3.05) is 6.54 Å². The van der Waals surface area contributed by atoms with Gasteiger partial charge in [-0.15, -0.1) is 0 Å². The highest BCUT2D eigenvalue weighted by atomic mass is 16.2. The molecule has 0 radical (unpaired) electrons. The fraction of sp³-hybridized carbons (Fsp3) is 0.833. The summed E-state index contributed by atoms with van der Waals surface area (Å²) in [5, 5.41) is 5.47. The molecule has 1 atom stereocenters. The molecule has 0 aliphatic carbocycles. The second kappa shape index (κ2) is 8.13. The van der Waals surface area contributed by atoms with Crippen molar-refractivity contribution in [2.45, 2.75) is 53.0 Å². The third-order valence-electron chi connectivity index (χ3n) is 2.80. The zero-order valence-electron chi connectivity index (χ0n) is 10.8. The molecule has 0 aromatic rings. The fourth-order valence-corrected chi connectivity index (χ4v) is 1.40. The van der Waals surface area contributed by atoms with Crippen molar-refractivity contribution in [1.82, 2.24) is 10.6 Å². The maximum Gasteiger partial charge on any atom is 0.239 e. The Balaban J connectivity index is 3.87. The third kappa shape index (κ3) is 5.73. The molecule has 1 unspecified atom stereocenters. The number of amides is 2. The van der Waals surface area contributed by atoms with Gasteiger partial charge in [0.25, 0.3) is 0 Å². The van der Waals surface area contributed by atoms with Crippen LogP contribution in [-0.2, 0) is 9.59 Å². The van der Waals surface area contributed by atoms with Gasteiger partial charge in [-0.25, -0.2) is 0 Å². The van der Waals surface area contributed by atoms with Crippen LogP contribution in [0.25, 0.3) is 0 Å². The average molecular weight is 228 g/mol. The monoisotopic (exact) mass is 228 g/mol. The minimum Gasteiger partial charge on any atom is -0.352 e. The van der Waals surface area contributed by atoms with Crippen LogP contribution in [0.4, 0.5) is 0 Å². The first kappa shape index (κ1) is 14.9. The SMILES string of the molecule is CCC(C)NC(=O)CNC(=O)C(CC)CC. The predicted octanol–water partition coefficient (Wildman–Crippen LogP) is 1.45. The normalized spacial score (nSPS) is 12.3. The molecule has 0 aliphatic heterocycles. The molecule has 0 saturated heterocycles. The fourth-order valence-electron chi connectivity index (χ4n) is 1.40. The van der Waals surface area contributed by atoms with E-state index in [4.69, 9.17) is 0 Å². The molecule has 0 rings (SSSR count). The Morgan fingerprint density at radius 1 is 1.06 bits per heavy atom. The number of nitrogens with one attached hydrogen (secondary N) is 2. The molecule has 0 bridgehead atoms. The molecule has 0 heterocycles. The van der Waals surface area contributed by atoms with E-state index in [0.717, 1.165) is 19.3 Å². The maximum absolute atomic E-state index is 11.6. The van der Waals surface area contributed by atoms with Gasteiger partial charge in [0.15, 0.2) is 0 Å². The summed E-state index contributed by atoms with van der Waals surface area (Å²) in [6.45, 7) is 7.99. The highest BCUT2D eigenvalue weighted by Crippen LogP contribution is 2.06. The van der Waals surface area contributed by atoms with Crippen molar-refractivity contribution in [2.24, 2.45) is 5.92 Å². The summed E-state index contributed by atoms with van der Waals surface area (Å²) >= 11 is 0. The number of carbonyl (C=O) groups is 2. The summed E-state index contributed by atoms with van der Waals surface area (Å²) in [5.41, 5.74) is 0. The highest BCUT2D eigenvalue weighted by molar-refractivity contribution is 5.85. The van der Waals surface area contributed by atoms with Gasteiger partial charge in [0.2, 0.25) is 11.8 Å². The van der Waals surface area contributed by atoms with Gasteiger partial charge in [-0.05, 0) is 26.2 Å². The summed E-state index contributed by atoms with van der Waals surface area (Å²) < 4.78 is 0.